The van der Waals surface area contributed by atoms with Crippen molar-refractivity contribution in [2.75, 3.05) is 112 Å². The maximum absolute atomic E-state index is 9.94. The van der Waals surface area contributed by atoms with E-state index in [1.807, 2.05) is 0 Å². The minimum atomic E-state index is -0.377. The van der Waals surface area contributed by atoms with Gasteiger partial charge >= 0.3 is 0 Å². The van der Waals surface area contributed by atoms with E-state index in [2.05, 4.69) is 6.92 Å². The van der Waals surface area contributed by atoms with Gasteiger partial charge in [-0.3, -0.25) is 0 Å². The Kier molecular flexibility index (Phi) is 33.3. The van der Waals surface area contributed by atoms with E-state index in [1.54, 1.807) is 0 Å². The molecule has 0 aromatic rings. The Morgan fingerprint density at radius 2 is 0.757 bits per heavy atom. The number of rotatable bonds is 33. The summed E-state index contributed by atoms with van der Waals surface area (Å²) >= 11 is 0. The van der Waals surface area contributed by atoms with Crippen molar-refractivity contribution in [3.63, 3.8) is 0 Å². The SMILES string of the molecule is CCCCCCCCCC(O)COCCOCCOCCOCCOCCOCCOCCOCCO. The summed E-state index contributed by atoms with van der Waals surface area (Å²) in [5.74, 6) is 0. The summed E-state index contributed by atoms with van der Waals surface area (Å²) in [5.41, 5.74) is 0. The standard InChI is InChI=1S/C27H56O10/c1-2-3-4-5-6-7-8-9-27(29)26-37-25-24-36-23-22-35-21-20-34-19-18-33-17-16-32-15-14-31-13-12-30-11-10-28/h27-29H,2-26H2,1H3. The van der Waals surface area contributed by atoms with Crippen LogP contribution in [0.25, 0.3) is 0 Å². The highest BCUT2D eigenvalue weighted by molar-refractivity contribution is 4.55. The van der Waals surface area contributed by atoms with Crippen LogP contribution in [0.1, 0.15) is 58.3 Å². The number of hydrogen-bond acceptors (Lipinski definition) is 10. The summed E-state index contributed by atoms with van der Waals surface area (Å²) < 4.78 is 43.1. The highest BCUT2D eigenvalue weighted by Crippen LogP contribution is 2.09. The van der Waals surface area contributed by atoms with Gasteiger partial charge in [-0.2, -0.15) is 0 Å². The molecule has 0 amide bonds. The lowest BCUT2D eigenvalue weighted by atomic mass is 10.1. The Morgan fingerprint density at radius 1 is 0.432 bits per heavy atom. The molecule has 0 aliphatic rings. The molecule has 2 N–H and O–H groups in total. The molecule has 10 heteroatoms. The first-order valence-corrected chi connectivity index (χ1v) is 14.2. The maximum Gasteiger partial charge on any atom is 0.0773 e. The van der Waals surface area contributed by atoms with Crippen molar-refractivity contribution in [3.8, 4) is 0 Å². The van der Waals surface area contributed by atoms with Gasteiger partial charge in [0.05, 0.1) is 118 Å². The predicted molar refractivity (Wildman–Crippen MR) is 142 cm³/mol. The van der Waals surface area contributed by atoms with E-state index in [-0.39, 0.29) is 12.7 Å². The molecule has 0 aromatic heterocycles. The number of aliphatic hydroxyl groups is 2. The van der Waals surface area contributed by atoms with Crippen LogP contribution in [0, 0.1) is 0 Å². The van der Waals surface area contributed by atoms with E-state index >= 15 is 0 Å². The zero-order chi connectivity index (χ0) is 26.9. The van der Waals surface area contributed by atoms with Gasteiger partial charge in [0.25, 0.3) is 0 Å². The molecule has 0 aliphatic heterocycles. The second kappa shape index (κ2) is 33.6. The van der Waals surface area contributed by atoms with Gasteiger partial charge in [0.15, 0.2) is 0 Å². The predicted octanol–water partition coefficient (Wildman–Crippen LogP) is 2.61. The van der Waals surface area contributed by atoms with E-state index in [0.717, 1.165) is 12.8 Å². The van der Waals surface area contributed by atoms with Crippen molar-refractivity contribution in [2.45, 2.75) is 64.4 Å². The zero-order valence-electron chi connectivity index (χ0n) is 23.4. The molecule has 0 aromatic carbocycles. The van der Waals surface area contributed by atoms with E-state index in [4.69, 9.17) is 43.0 Å². The smallest absolute Gasteiger partial charge is 0.0773 e. The summed E-state index contributed by atoms with van der Waals surface area (Å²) in [4.78, 5) is 0. The van der Waals surface area contributed by atoms with Gasteiger partial charge in [0.2, 0.25) is 0 Å². The highest BCUT2D eigenvalue weighted by atomic mass is 16.6. The summed E-state index contributed by atoms with van der Waals surface area (Å²) in [7, 11) is 0. The summed E-state index contributed by atoms with van der Waals surface area (Å²) in [5, 5.41) is 18.5. The van der Waals surface area contributed by atoms with Crippen LogP contribution in [0.4, 0.5) is 0 Å². The molecule has 0 heterocycles. The Hall–Kier alpha value is -0.400. The fourth-order valence-electron chi connectivity index (χ4n) is 3.24. The third-order valence-electron chi connectivity index (χ3n) is 5.29. The lowest BCUT2D eigenvalue weighted by Gasteiger charge is -2.11. The molecule has 0 fully saturated rings. The molecule has 0 radical (unpaired) electrons. The molecule has 0 saturated carbocycles. The second-order valence-corrected chi connectivity index (χ2v) is 8.65. The average Bonchev–Trinajstić information content (AvgIpc) is 2.90. The Morgan fingerprint density at radius 3 is 1.14 bits per heavy atom. The van der Waals surface area contributed by atoms with Gasteiger partial charge in [-0.05, 0) is 6.42 Å². The Labute approximate surface area is 225 Å². The lowest BCUT2D eigenvalue weighted by Crippen LogP contribution is -2.18. The zero-order valence-corrected chi connectivity index (χ0v) is 23.4. The number of hydrogen-bond donors (Lipinski definition) is 2. The van der Waals surface area contributed by atoms with Crippen molar-refractivity contribution < 1.29 is 48.1 Å². The van der Waals surface area contributed by atoms with Crippen LogP contribution in [-0.2, 0) is 37.9 Å². The third-order valence-corrected chi connectivity index (χ3v) is 5.29. The fraction of sp³-hybridized carbons (Fsp3) is 1.00. The van der Waals surface area contributed by atoms with Crippen molar-refractivity contribution in [2.24, 2.45) is 0 Å². The van der Waals surface area contributed by atoms with Crippen molar-refractivity contribution in [3.05, 3.63) is 0 Å². The molecule has 0 aliphatic carbocycles. The van der Waals surface area contributed by atoms with E-state index in [1.165, 1.54) is 38.5 Å². The van der Waals surface area contributed by atoms with E-state index in [9.17, 15) is 5.11 Å². The monoisotopic (exact) mass is 540 g/mol. The van der Waals surface area contributed by atoms with Gasteiger partial charge < -0.3 is 48.1 Å². The molecule has 0 spiro atoms. The van der Waals surface area contributed by atoms with Crippen LogP contribution in [0.2, 0.25) is 0 Å². The van der Waals surface area contributed by atoms with Crippen LogP contribution in [0.15, 0.2) is 0 Å². The van der Waals surface area contributed by atoms with Gasteiger partial charge in [-0.1, -0.05) is 51.9 Å². The maximum atomic E-state index is 9.94. The van der Waals surface area contributed by atoms with Crippen LogP contribution in [0.5, 0.6) is 0 Å². The van der Waals surface area contributed by atoms with Crippen LogP contribution in [-0.4, -0.2) is 129 Å². The first-order valence-electron chi connectivity index (χ1n) is 14.2. The first-order chi connectivity index (χ1) is 18.3. The highest BCUT2D eigenvalue weighted by Gasteiger charge is 2.04. The van der Waals surface area contributed by atoms with Crippen molar-refractivity contribution in [1.29, 1.82) is 0 Å². The normalized spacial score (nSPS) is 12.4. The number of ether oxygens (including phenoxy) is 8. The molecule has 37 heavy (non-hydrogen) atoms. The van der Waals surface area contributed by atoms with Crippen LogP contribution < -0.4 is 0 Å². The lowest BCUT2D eigenvalue weighted by molar-refractivity contribution is -0.0278. The molecule has 0 rings (SSSR count). The number of unbranched alkanes of at least 4 members (excludes halogenated alkanes) is 6. The minimum Gasteiger partial charge on any atom is -0.394 e. The molecule has 224 valence electrons. The summed E-state index contributed by atoms with van der Waals surface area (Å²) in [6, 6.07) is 0. The topological polar surface area (TPSA) is 114 Å². The largest absolute Gasteiger partial charge is 0.394 e. The molecular weight excluding hydrogens is 484 g/mol. The number of aliphatic hydroxyl groups excluding tert-OH is 2. The molecule has 1 atom stereocenters. The summed E-state index contributed by atoms with van der Waals surface area (Å²) in [6.07, 6.45) is 9.21. The van der Waals surface area contributed by atoms with Gasteiger partial charge in [-0.15, -0.1) is 0 Å². The minimum absolute atomic E-state index is 0.0292. The fourth-order valence-corrected chi connectivity index (χ4v) is 3.24. The average molecular weight is 541 g/mol. The van der Waals surface area contributed by atoms with Gasteiger partial charge in [-0.25, -0.2) is 0 Å². The van der Waals surface area contributed by atoms with Crippen LogP contribution in [0.3, 0.4) is 0 Å². The Bertz CT molecular complexity index is 403. The quantitative estimate of drug-likeness (QED) is 0.120. The van der Waals surface area contributed by atoms with Gasteiger partial charge in [0, 0.05) is 0 Å². The second-order valence-electron chi connectivity index (χ2n) is 8.65. The van der Waals surface area contributed by atoms with E-state index < -0.39 is 0 Å². The third kappa shape index (κ3) is 33.6. The van der Waals surface area contributed by atoms with Gasteiger partial charge in [0.1, 0.15) is 0 Å². The molecule has 10 nitrogen and oxygen atoms in total. The first kappa shape index (κ1) is 36.6. The van der Waals surface area contributed by atoms with E-state index in [0.29, 0.717) is 106 Å². The van der Waals surface area contributed by atoms with Crippen LogP contribution >= 0.6 is 0 Å². The van der Waals surface area contributed by atoms with Crippen molar-refractivity contribution in [1.82, 2.24) is 0 Å². The molecule has 0 saturated heterocycles. The molecule has 0 bridgehead atoms. The summed E-state index contributed by atoms with van der Waals surface area (Å²) in [6.45, 7) is 10.0. The Balaban J connectivity index is 3.09. The van der Waals surface area contributed by atoms with Crippen molar-refractivity contribution >= 4 is 0 Å². The molecular formula is C27H56O10. The molecule has 1 unspecified atom stereocenters.